The maximum Gasteiger partial charge on any atom is 0.163 e. The Morgan fingerprint density at radius 2 is 0.912 bits per heavy atom. The summed E-state index contributed by atoms with van der Waals surface area (Å²) in [6.07, 6.45) is 14.9. The molecule has 0 spiro atoms. The molecule has 4 heteroatoms. The van der Waals surface area contributed by atoms with Crippen molar-refractivity contribution in [1.82, 2.24) is 15.0 Å². The predicted molar refractivity (Wildman–Crippen MR) is 227 cm³/mol. The Morgan fingerprint density at radius 1 is 0.439 bits per heavy atom. The van der Waals surface area contributed by atoms with Crippen molar-refractivity contribution in [3.63, 3.8) is 0 Å². The summed E-state index contributed by atoms with van der Waals surface area (Å²) in [6, 6.07) is 49.5. The lowest BCUT2D eigenvalue weighted by atomic mass is 9.49. The molecule has 0 amide bonds. The molecule has 1 aromatic heterocycles. The highest BCUT2D eigenvalue weighted by Gasteiger charge is 2.61. The van der Waals surface area contributed by atoms with Crippen LogP contribution in [0.25, 0.3) is 11.4 Å². The van der Waals surface area contributed by atoms with Gasteiger partial charge < -0.3 is 4.90 Å². The van der Waals surface area contributed by atoms with Gasteiger partial charge in [0, 0.05) is 22.1 Å². The van der Waals surface area contributed by atoms with Gasteiger partial charge in [-0.1, -0.05) is 97.1 Å². The van der Waals surface area contributed by atoms with Crippen molar-refractivity contribution in [3.8, 4) is 11.4 Å². The smallest absolute Gasteiger partial charge is 0.163 e. The van der Waals surface area contributed by atoms with E-state index in [0.29, 0.717) is 0 Å². The second-order valence-electron chi connectivity index (χ2n) is 19.6. The fourth-order valence-electron chi connectivity index (χ4n) is 15.0. The molecular formula is C53H50N4. The first kappa shape index (κ1) is 32.9. The Kier molecular flexibility index (Phi) is 6.92. The van der Waals surface area contributed by atoms with Crippen LogP contribution in [0.3, 0.4) is 0 Å². The monoisotopic (exact) mass is 742 g/mol. The predicted octanol–water partition coefficient (Wildman–Crippen LogP) is 12.2. The quantitative estimate of drug-likeness (QED) is 0.170. The molecule has 2 atom stereocenters. The average molecular weight is 743 g/mol. The molecule has 5 aromatic carbocycles. The van der Waals surface area contributed by atoms with Crippen LogP contribution in [-0.2, 0) is 16.2 Å². The van der Waals surface area contributed by atoms with E-state index in [4.69, 9.17) is 15.0 Å². The number of hydrogen-bond donors (Lipinski definition) is 0. The lowest BCUT2D eigenvalue weighted by molar-refractivity contribution is -0.00972. The van der Waals surface area contributed by atoms with Gasteiger partial charge in [-0.05, 0) is 165 Å². The Labute approximate surface area is 336 Å². The largest absolute Gasteiger partial charge is 0.310 e. The summed E-state index contributed by atoms with van der Waals surface area (Å²) in [6.45, 7) is 0. The molecule has 8 fully saturated rings. The molecule has 0 radical (unpaired) electrons. The fourth-order valence-corrected chi connectivity index (χ4v) is 15.0. The van der Waals surface area contributed by atoms with Crippen LogP contribution in [0.15, 0.2) is 133 Å². The van der Waals surface area contributed by atoms with Crippen LogP contribution < -0.4 is 4.90 Å². The standard InChI is InChI=1S/C53H50N4/c1-3-11-40(12-4-1)53(41-13-5-2-6-14-41)44-15-7-9-17-46(44)57(47-18-10-8-16-45(47)53)43-21-19-39(20-22-43)48-54-49(51-29-34-23-35(30-51)25-36(24-34)31-51)56-50(55-48)52-32-37-26-38(33-52)28-42(52)27-37/h1-22,34-38,42H,23-33H2. The summed E-state index contributed by atoms with van der Waals surface area (Å²) in [5, 5.41) is 0. The van der Waals surface area contributed by atoms with Crippen LogP contribution in [-0.4, -0.2) is 15.0 Å². The van der Waals surface area contributed by atoms with E-state index in [1.165, 1.54) is 104 Å². The zero-order valence-corrected chi connectivity index (χ0v) is 32.7. The van der Waals surface area contributed by atoms with Crippen molar-refractivity contribution >= 4 is 17.1 Å². The minimum atomic E-state index is -0.473. The zero-order valence-electron chi connectivity index (χ0n) is 32.7. The average Bonchev–Trinajstić information content (AvgIpc) is 3.66. The molecule has 0 N–H and O–H groups in total. The molecule has 2 unspecified atom stereocenters. The molecule has 9 aliphatic rings. The van der Waals surface area contributed by atoms with E-state index in [0.717, 1.165) is 64.2 Å². The number of benzene rings is 5. The van der Waals surface area contributed by atoms with Crippen molar-refractivity contribution < 1.29 is 0 Å². The first-order chi connectivity index (χ1) is 28.1. The van der Waals surface area contributed by atoms with E-state index < -0.39 is 5.41 Å². The molecule has 1 aliphatic heterocycles. The molecule has 2 heterocycles. The maximum atomic E-state index is 5.69. The summed E-state index contributed by atoms with van der Waals surface area (Å²) >= 11 is 0. The molecular weight excluding hydrogens is 693 g/mol. The van der Waals surface area contributed by atoms with Crippen LogP contribution in [0.1, 0.15) is 105 Å². The van der Waals surface area contributed by atoms with Crippen molar-refractivity contribution in [2.45, 2.75) is 86.9 Å². The molecule has 6 aromatic rings. The van der Waals surface area contributed by atoms with Crippen molar-refractivity contribution in [1.29, 1.82) is 0 Å². The van der Waals surface area contributed by atoms with Gasteiger partial charge in [0.25, 0.3) is 0 Å². The Hall–Kier alpha value is -5.09. The van der Waals surface area contributed by atoms with Crippen molar-refractivity contribution in [3.05, 3.63) is 167 Å². The Morgan fingerprint density at radius 3 is 1.46 bits per heavy atom. The van der Waals surface area contributed by atoms with E-state index in [-0.39, 0.29) is 10.8 Å². The van der Waals surface area contributed by atoms with E-state index in [9.17, 15) is 0 Å². The van der Waals surface area contributed by atoms with E-state index in [1.807, 2.05) is 0 Å². The highest BCUT2D eigenvalue weighted by molar-refractivity contribution is 5.89. The van der Waals surface area contributed by atoms with Crippen LogP contribution in [0.2, 0.25) is 0 Å². The minimum absolute atomic E-state index is 0.138. The van der Waals surface area contributed by atoms with Gasteiger partial charge in [-0.15, -0.1) is 0 Å². The van der Waals surface area contributed by atoms with Crippen LogP contribution in [0.5, 0.6) is 0 Å². The summed E-state index contributed by atoms with van der Waals surface area (Å²) < 4.78 is 0. The fraction of sp³-hybridized carbons (Fsp3) is 0.377. The van der Waals surface area contributed by atoms with Crippen molar-refractivity contribution in [2.75, 3.05) is 4.90 Å². The van der Waals surface area contributed by atoms with Crippen LogP contribution >= 0.6 is 0 Å². The number of para-hydroxylation sites is 2. The first-order valence-corrected chi connectivity index (χ1v) is 22.1. The third-order valence-electron chi connectivity index (χ3n) is 16.5. The highest BCUT2D eigenvalue weighted by Crippen LogP contribution is 2.66. The first-order valence-electron chi connectivity index (χ1n) is 22.1. The summed E-state index contributed by atoms with van der Waals surface area (Å²) in [7, 11) is 0. The third kappa shape index (κ3) is 4.65. The van der Waals surface area contributed by atoms with E-state index in [2.05, 4.69) is 138 Å². The zero-order chi connectivity index (χ0) is 37.3. The Bertz CT molecular complexity index is 2390. The summed E-state index contributed by atoms with van der Waals surface area (Å²) in [5.41, 5.74) is 9.61. The number of hydrogen-bond acceptors (Lipinski definition) is 4. The Balaban J connectivity index is 0.949. The lowest BCUT2D eigenvalue weighted by Crippen LogP contribution is -2.49. The van der Waals surface area contributed by atoms with Gasteiger partial charge >= 0.3 is 0 Å². The topological polar surface area (TPSA) is 41.9 Å². The van der Waals surface area contributed by atoms with Gasteiger partial charge in [-0.2, -0.15) is 0 Å². The minimum Gasteiger partial charge on any atom is -0.310 e. The number of fused-ring (bicyclic) bond motifs is 2. The molecule has 57 heavy (non-hydrogen) atoms. The van der Waals surface area contributed by atoms with E-state index in [1.54, 1.807) is 0 Å². The molecule has 8 aliphatic carbocycles. The van der Waals surface area contributed by atoms with Crippen LogP contribution in [0, 0.1) is 35.5 Å². The van der Waals surface area contributed by atoms with Gasteiger partial charge in [-0.25, -0.2) is 15.0 Å². The van der Waals surface area contributed by atoms with Crippen molar-refractivity contribution in [2.24, 2.45) is 35.5 Å². The summed E-state index contributed by atoms with van der Waals surface area (Å²) in [4.78, 5) is 19.3. The second-order valence-corrected chi connectivity index (χ2v) is 19.6. The van der Waals surface area contributed by atoms with E-state index >= 15 is 0 Å². The van der Waals surface area contributed by atoms with Gasteiger partial charge in [0.1, 0.15) is 11.6 Å². The SMILES string of the molecule is c1ccc(C2(c3ccccc3)c3ccccc3N(c3ccc(-c4nc(C56CC7CC(CC(C7)C5)C6)nc(C56CC7CC(CC5C7)C6)n4)cc3)c3ccccc32)cc1. The molecule has 15 rings (SSSR count). The van der Waals surface area contributed by atoms with Crippen LogP contribution in [0.4, 0.5) is 17.1 Å². The third-order valence-corrected chi connectivity index (χ3v) is 16.5. The summed E-state index contributed by atoms with van der Waals surface area (Å²) in [5.74, 6) is 8.27. The molecule has 4 nitrogen and oxygen atoms in total. The van der Waals surface area contributed by atoms with Gasteiger partial charge in [0.15, 0.2) is 5.82 Å². The molecule has 8 bridgehead atoms. The van der Waals surface area contributed by atoms with Gasteiger partial charge in [-0.3, -0.25) is 0 Å². The molecule has 8 saturated carbocycles. The number of anilines is 3. The normalized spacial score (nSPS) is 32.0. The van der Waals surface area contributed by atoms with Gasteiger partial charge in [0.05, 0.1) is 16.8 Å². The number of aromatic nitrogens is 3. The molecule has 282 valence electrons. The number of rotatable bonds is 6. The highest BCUT2D eigenvalue weighted by atomic mass is 15.2. The van der Waals surface area contributed by atoms with Gasteiger partial charge in [0.2, 0.25) is 0 Å². The number of nitrogens with zero attached hydrogens (tertiary/aromatic N) is 4. The second kappa shape index (κ2) is 12.0. The lowest BCUT2D eigenvalue weighted by Gasteiger charge is -2.56. The molecule has 0 saturated heterocycles. The maximum absolute atomic E-state index is 5.69.